The quantitative estimate of drug-likeness (QED) is 0.0225. The minimum absolute atomic E-state index is 0. The van der Waals surface area contributed by atoms with Gasteiger partial charge in [-0.15, -0.1) is 0 Å². The molecule has 0 aliphatic heterocycles. The van der Waals surface area contributed by atoms with E-state index in [1.165, 1.54) is 25.7 Å². The van der Waals surface area contributed by atoms with Gasteiger partial charge in [0.05, 0.1) is 85.3 Å². The highest BCUT2D eigenvalue weighted by molar-refractivity contribution is 7.60. The smallest absolute Gasteiger partial charge is 0.407 e. The fourth-order valence-electron chi connectivity index (χ4n) is 6.11. The van der Waals surface area contributed by atoms with Crippen molar-refractivity contribution in [1.82, 2.24) is 31.9 Å². The SMILES string of the molecule is CC(C)(C)OC(=O)NCCOCCOCCNC(=O)C(N)CCCCN.CCCCCC(C)C(=O)NCCOCCOCCNC(=O)OC(C)(C)C.CCCCCC(C)C(=O)NCCOCCOCCNC(=O)OC(C)(C)C.S.S.S.S.S.S.S.S.S.S. The van der Waals surface area contributed by atoms with Crippen molar-refractivity contribution in [2.75, 3.05) is 125 Å². The van der Waals surface area contributed by atoms with Gasteiger partial charge < -0.3 is 86.0 Å². The lowest BCUT2D eigenvalue weighted by Crippen LogP contribution is -2.41. The van der Waals surface area contributed by atoms with Crippen molar-refractivity contribution in [3.63, 3.8) is 0 Å². The summed E-state index contributed by atoms with van der Waals surface area (Å²) >= 11 is 0. The molecule has 542 valence electrons. The van der Waals surface area contributed by atoms with Crippen molar-refractivity contribution in [1.29, 1.82) is 0 Å². The van der Waals surface area contributed by atoms with Crippen LogP contribution in [-0.4, -0.2) is 184 Å². The fraction of sp³-hybridized carbons (Fsp3) is 0.891. The van der Waals surface area contributed by atoms with E-state index in [1.54, 1.807) is 20.8 Å². The van der Waals surface area contributed by atoms with Crippen molar-refractivity contribution < 1.29 is 71.4 Å². The lowest BCUT2D eigenvalue weighted by molar-refractivity contribution is -0.125. The zero-order chi connectivity index (χ0) is 59.5. The average Bonchev–Trinajstić information content (AvgIpc) is 3.34. The Morgan fingerprint density at radius 2 is 0.568 bits per heavy atom. The van der Waals surface area contributed by atoms with Gasteiger partial charge in [0.1, 0.15) is 16.8 Å². The first-order valence-electron chi connectivity index (χ1n) is 28.4. The zero-order valence-electron chi connectivity index (χ0n) is 55.7. The van der Waals surface area contributed by atoms with E-state index in [0.29, 0.717) is 132 Å². The van der Waals surface area contributed by atoms with Crippen LogP contribution in [0.2, 0.25) is 0 Å². The molecule has 0 saturated carbocycles. The van der Waals surface area contributed by atoms with Gasteiger partial charge >= 0.3 is 18.3 Å². The van der Waals surface area contributed by atoms with E-state index in [2.05, 4.69) is 45.7 Å². The molecule has 0 heterocycles. The van der Waals surface area contributed by atoms with Crippen LogP contribution in [0.25, 0.3) is 0 Å². The molecule has 0 aromatic rings. The summed E-state index contributed by atoms with van der Waals surface area (Å²) in [6.07, 6.45) is 9.75. The van der Waals surface area contributed by atoms with Crippen LogP contribution in [-0.2, 0) is 57.0 Å². The molecule has 0 bridgehead atoms. The summed E-state index contributed by atoms with van der Waals surface area (Å²) in [6.45, 7) is 32.8. The van der Waals surface area contributed by atoms with Crippen LogP contribution in [0, 0.1) is 11.8 Å². The Balaban J connectivity index is -0.0000000825. The van der Waals surface area contributed by atoms with Gasteiger partial charge in [-0.1, -0.05) is 72.6 Å². The zero-order valence-corrected chi connectivity index (χ0v) is 65.7. The van der Waals surface area contributed by atoms with Gasteiger partial charge in [-0.05, 0) is 94.5 Å². The molecule has 0 aromatic heterocycles. The number of nitrogens with one attached hydrogen (secondary N) is 6. The molecular formula is C55H132N8O15S10. The summed E-state index contributed by atoms with van der Waals surface area (Å²) in [5.41, 5.74) is 9.66. The van der Waals surface area contributed by atoms with Crippen molar-refractivity contribution in [2.24, 2.45) is 23.3 Å². The number of ether oxygens (including phenoxy) is 9. The first-order valence-corrected chi connectivity index (χ1v) is 28.4. The Labute approximate surface area is 601 Å². The molecule has 23 nitrogen and oxygen atoms in total. The topological polar surface area (TPSA) is 310 Å². The number of carbonyl (C=O) groups is 6. The molecule has 33 heteroatoms. The monoisotopic (exact) mass is 1460 g/mol. The molecule has 3 unspecified atom stereocenters. The average molecular weight is 1470 g/mol. The number of rotatable bonds is 42. The van der Waals surface area contributed by atoms with Gasteiger partial charge in [-0.25, -0.2) is 14.4 Å². The van der Waals surface area contributed by atoms with E-state index in [-0.39, 0.29) is 165 Å². The van der Waals surface area contributed by atoms with Crippen LogP contribution in [0.5, 0.6) is 0 Å². The second-order valence-corrected chi connectivity index (χ2v) is 21.5. The van der Waals surface area contributed by atoms with Crippen LogP contribution >= 0.6 is 135 Å². The van der Waals surface area contributed by atoms with Crippen molar-refractivity contribution in [2.45, 2.75) is 183 Å². The van der Waals surface area contributed by atoms with Crippen LogP contribution < -0.4 is 43.4 Å². The van der Waals surface area contributed by atoms with Crippen molar-refractivity contribution >= 4 is 171 Å². The van der Waals surface area contributed by atoms with E-state index in [1.807, 2.05) is 55.4 Å². The van der Waals surface area contributed by atoms with Gasteiger partial charge in [0.15, 0.2) is 0 Å². The van der Waals surface area contributed by atoms with E-state index < -0.39 is 41.1 Å². The minimum atomic E-state index is -0.511. The van der Waals surface area contributed by atoms with Gasteiger partial charge in [-0.3, -0.25) is 14.4 Å². The lowest BCUT2D eigenvalue weighted by atomic mass is 10.0. The Kier molecular flexibility index (Phi) is 106. The van der Waals surface area contributed by atoms with Gasteiger partial charge in [-0.2, -0.15) is 135 Å². The molecule has 0 aliphatic carbocycles. The highest BCUT2D eigenvalue weighted by atomic mass is 32.1. The third-order valence-electron chi connectivity index (χ3n) is 10.2. The van der Waals surface area contributed by atoms with Crippen LogP contribution in [0.15, 0.2) is 0 Å². The molecule has 10 N–H and O–H groups in total. The largest absolute Gasteiger partial charge is 0.444 e. The van der Waals surface area contributed by atoms with Crippen molar-refractivity contribution in [3.8, 4) is 0 Å². The maximum absolute atomic E-state index is 11.8. The highest BCUT2D eigenvalue weighted by Crippen LogP contribution is 2.11. The highest BCUT2D eigenvalue weighted by Gasteiger charge is 2.18. The Morgan fingerprint density at radius 1 is 0.341 bits per heavy atom. The van der Waals surface area contributed by atoms with Crippen LogP contribution in [0.1, 0.15) is 161 Å². The number of hydrogen-bond acceptors (Lipinski definition) is 17. The summed E-state index contributed by atoms with van der Waals surface area (Å²) in [5.74, 6) is 0.128. The van der Waals surface area contributed by atoms with Gasteiger partial charge in [0, 0.05) is 51.1 Å². The number of hydrogen-bond donors (Lipinski definition) is 8. The number of carbonyl (C=O) groups excluding carboxylic acids is 6. The summed E-state index contributed by atoms with van der Waals surface area (Å²) in [4.78, 5) is 69.6. The Bertz CT molecular complexity index is 1370. The van der Waals surface area contributed by atoms with Crippen LogP contribution in [0.3, 0.4) is 0 Å². The predicted octanol–water partition coefficient (Wildman–Crippen LogP) is 7.00. The molecule has 6 amide bonds. The molecule has 0 spiro atoms. The maximum Gasteiger partial charge on any atom is 0.407 e. The second-order valence-electron chi connectivity index (χ2n) is 21.5. The van der Waals surface area contributed by atoms with E-state index in [4.69, 9.17) is 54.1 Å². The number of amides is 6. The Hall–Kier alpha value is -0.600. The second kappa shape index (κ2) is 78.8. The molecule has 0 aliphatic rings. The summed E-state index contributed by atoms with van der Waals surface area (Å²) in [6, 6.07) is -0.498. The molecule has 0 aromatic carbocycles. The molecule has 3 atom stereocenters. The molecule has 0 rings (SSSR count). The first kappa shape index (κ1) is 118. The molecule has 0 fully saturated rings. The molecule has 0 saturated heterocycles. The number of unbranched alkanes of at least 4 members (excludes halogenated alkanes) is 5. The first-order chi connectivity index (χ1) is 36.8. The lowest BCUT2D eigenvalue weighted by Gasteiger charge is -2.19. The van der Waals surface area contributed by atoms with Gasteiger partial charge in [0.2, 0.25) is 17.7 Å². The number of nitrogens with two attached hydrogens (primary N) is 2. The standard InChI is InChI=1S/2C19H38N2O5.C17H36N4O5.10H2S/c2*1-6-7-8-9-16(2)17(22)20-10-12-24-14-15-25-13-11-21-18(23)26-19(3,4)5;1-17(2,3)26-16(23)21-9-11-25-13-12-24-10-8-20-15(22)14(19)6-4-5-7-18;;;;;;;;;;/h2*16H,6-15H2,1-5H3,(H,20,22)(H,21,23);14H,4-13,18-19H2,1-3H3,(H,20,22)(H,21,23);10*1H2. The number of alkyl carbamates (subject to hydrolysis) is 3. The predicted molar refractivity (Wildman–Crippen MR) is 408 cm³/mol. The van der Waals surface area contributed by atoms with Gasteiger partial charge in [0.25, 0.3) is 0 Å². The van der Waals surface area contributed by atoms with E-state index in [0.717, 1.165) is 38.5 Å². The fourth-order valence-corrected chi connectivity index (χ4v) is 6.11. The van der Waals surface area contributed by atoms with Crippen molar-refractivity contribution in [3.05, 3.63) is 0 Å². The summed E-state index contributed by atoms with van der Waals surface area (Å²) in [5, 5.41) is 16.3. The third kappa shape index (κ3) is 94.1. The summed E-state index contributed by atoms with van der Waals surface area (Å²) < 4.78 is 47.5. The van der Waals surface area contributed by atoms with E-state index >= 15 is 0 Å². The molecular weight excluding hydrogens is 1330 g/mol. The van der Waals surface area contributed by atoms with Crippen LogP contribution in [0.4, 0.5) is 14.4 Å². The Morgan fingerprint density at radius 3 is 0.795 bits per heavy atom. The molecule has 0 radical (unpaired) electrons. The minimum Gasteiger partial charge on any atom is -0.444 e. The summed E-state index contributed by atoms with van der Waals surface area (Å²) in [7, 11) is 0. The van der Waals surface area contributed by atoms with E-state index in [9.17, 15) is 28.8 Å². The normalized spacial score (nSPS) is 11.1. The molecule has 88 heavy (non-hydrogen) atoms. The third-order valence-corrected chi connectivity index (χ3v) is 10.2. The maximum atomic E-state index is 11.8.